The molecule has 0 spiro atoms. The molecule has 2 rings (SSSR count). The van der Waals surface area contributed by atoms with E-state index in [1.165, 1.54) is 0 Å². The summed E-state index contributed by atoms with van der Waals surface area (Å²) >= 11 is 0. The Balaban J connectivity index is 1.98. The highest BCUT2D eigenvalue weighted by atomic mass is 15.2. The molecule has 0 unspecified atom stereocenters. The van der Waals surface area contributed by atoms with E-state index in [9.17, 15) is 0 Å². The van der Waals surface area contributed by atoms with Gasteiger partial charge < -0.3 is 9.99 Å². The van der Waals surface area contributed by atoms with Gasteiger partial charge in [-0.25, -0.2) is 4.98 Å². The first-order chi connectivity index (χ1) is 8.69. The number of nitrogens with two attached hydrogens (primary N) is 1. The highest BCUT2D eigenvalue weighted by molar-refractivity contribution is 5.41. The van der Waals surface area contributed by atoms with E-state index in [1.54, 1.807) is 12.4 Å². The first kappa shape index (κ1) is 12.5. The van der Waals surface area contributed by atoms with Crippen molar-refractivity contribution >= 4 is 5.69 Å². The lowest BCUT2D eigenvalue weighted by Crippen LogP contribution is -2.20. The largest absolute Gasteiger partial charge is 0.337 e. The van der Waals surface area contributed by atoms with Crippen LogP contribution in [0.1, 0.15) is 11.5 Å². The molecule has 0 aliphatic carbocycles. The fraction of sp³-hybridized carbons (Fsp3) is 0.333. The second-order valence-corrected chi connectivity index (χ2v) is 4.31. The molecule has 2 aromatic rings. The summed E-state index contributed by atoms with van der Waals surface area (Å²) in [6.45, 7) is 1.54. The normalized spacial score (nSPS) is 10.9. The molecule has 0 atom stereocenters. The molecule has 0 radical (unpaired) electrons. The lowest BCUT2D eigenvalue weighted by atomic mass is 10.3. The van der Waals surface area contributed by atoms with E-state index < -0.39 is 0 Å². The minimum atomic E-state index is 0.752. The molecule has 6 nitrogen and oxygen atoms in total. The van der Waals surface area contributed by atoms with Crippen LogP contribution in [0.25, 0.3) is 0 Å². The quantitative estimate of drug-likeness (QED) is 0.601. The number of hydrazine groups is 1. The summed E-state index contributed by atoms with van der Waals surface area (Å²) in [6.07, 6.45) is 5.50. The molecule has 0 aromatic carbocycles. The minimum absolute atomic E-state index is 0.752. The number of pyridine rings is 1. The predicted molar refractivity (Wildman–Crippen MR) is 70.4 cm³/mol. The number of aryl methyl sites for hydroxylation is 1. The Labute approximate surface area is 106 Å². The Morgan fingerprint density at radius 2 is 2.17 bits per heavy atom. The van der Waals surface area contributed by atoms with Crippen molar-refractivity contribution in [2.45, 2.75) is 13.1 Å². The Hall–Kier alpha value is -1.92. The zero-order valence-corrected chi connectivity index (χ0v) is 10.7. The van der Waals surface area contributed by atoms with E-state index in [2.05, 4.69) is 20.3 Å². The van der Waals surface area contributed by atoms with Gasteiger partial charge in [-0.3, -0.25) is 15.7 Å². The maximum atomic E-state index is 5.37. The van der Waals surface area contributed by atoms with Crippen LogP contribution in [-0.4, -0.2) is 26.5 Å². The third kappa shape index (κ3) is 3.06. The van der Waals surface area contributed by atoms with Gasteiger partial charge in [-0.05, 0) is 19.2 Å². The topological polar surface area (TPSA) is 72.0 Å². The Bertz CT molecular complexity index is 507. The number of hydrogen-bond acceptors (Lipinski definition) is 5. The maximum absolute atomic E-state index is 5.37. The zero-order valence-electron chi connectivity index (χ0n) is 10.7. The molecule has 0 fully saturated rings. The van der Waals surface area contributed by atoms with Gasteiger partial charge in [0.2, 0.25) is 0 Å². The van der Waals surface area contributed by atoms with E-state index in [0.717, 1.165) is 30.3 Å². The van der Waals surface area contributed by atoms with Crippen LogP contribution in [0.5, 0.6) is 0 Å². The molecule has 0 aliphatic rings. The van der Waals surface area contributed by atoms with Gasteiger partial charge in [0, 0.05) is 32.2 Å². The van der Waals surface area contributed by atoms with Crippen LogP contribution in [0.2, 0.25) is 0 Å². The average Bonchev–Trinajstić information content (AvgIpc) is 2.75. The van der Waals surface area contributed by atoms with Crippen LogP contribution in [0.15, 0.2) is 30.7 Å². The van der Waals surface area contributed by atoms with Crippen molar-refractivity contribution in [2.75, 3.05) is 12.5 Å². The van der Waals surface area contributed by atoms with Gasteiger partial charge in [0.05, 0.1) is 17.9 Å². The second-order valence-electron chi connectivity index (χ2n) is 4.31. The minimum Gasteiger partial charge on any atom is -0.337 e. The Kier molecular flexibility index (Phi) is 3.91. The molecule has 0 aliphatic heterocycles. The molecule has 18 heavy (non-hydrogen) atoms. The fourth-order valence-corrected chi connectivity index (χ4v) is 1.78. The summed E-state index contributed by atoms with van der Waals surface area (Å²) in [5.41, 5.74) is 4.46. The number of rotatable bonds is 5. The van der Waals surface area contributed by atoms with Crippen molar-refractivity contribution < 1.29 is 0 Å². The number of hydrogen-bond donors (Lipinski definition) is 2. The van der Waals surface area contributed by atoms with Crippen molar-refractivity contribution in [3.05, 3.63) is 42.2 Å². The number of aromatic nitrogens is 3. The molecule has 6 heteroatoms. The van der Waals surface area contributed by atoms with E-state index in [-0.39, 0.29) is 0 Å². The summed E-state index contributed by atoms with van der Waals surface area (Å²) in [5.74, 6) is 6.41. The van der Waals surface area contributed by atoms with Crippen LogP contribution in [0, 0.1) is 0 Å². The van der Waals surface area contributed by atoms with Crippen molar-refractivity contribution in [2.24, 2.45) is 12.9 Å². The van der Waals surface area contributed by atoms with Gasteiger partial charge in [-0.2, -0.15) is 0 Å². The predicted octanol–water partition coefficient (Wildman–Crippen LogP) is 0.733. The highest BCUT2D eigenvalue weighted by Gasteiger charge is 2.06. The van der Waals surface area contributed by atoms with Gasteiger partial charge in [0.25, 0.3) is 0 Å². The van der Waals surface area contributed by atoms with Gasteiger partial charge in [0.15, 0.2) is 0 Å². The lowest BCUT2D eigenvalue weighted by molar-refractivity contribution is 0.303. The average molecular weight is 246 g/mol. The number of nitrogens with zero attached hydrogens (tertiary/aromatic N) is 4. The monoisotopic (exact) mass is 246 g/mol. The maximum Gasteiger partial charge on any atom is 0.122 e. The fourth-order valence-electron chi connectivity index (χ4n) is 1.78. The van der Waals surface area contributed by atoms with E-state index >= 15 is 0 Å². The van der Waals surface area contributed by atoms with Crippen LogP contribution in [0.4, 0.5) is 5.69 Å². The van der Waals surface area contributed by atoms with E-state index in [4.69, 9.17) is 5.84 Å². The smallest absolute Gasteiger partial charge is 0.122 e. The Morgan fingerprint density at radius 3 is 2.83 bits per heavy atom. The lowest BCUT2D eigenvalue weighted by Gasteiger charge is -2.16. The summed E-state index contributed by atoms with van der Waals surface area (Å²) in [5, 5.41) is 0. The second kappa shape index (κ2) is 5.61. The van der Waals surface area contributed by atoms with Crippen molar-refractivity contribution in [3.8, 4) is 0 Å². The highest BCUT2D eigenvalue weighted by Crippen LogP contribution is 2.09. The third-order valence-corrected chi connectivity index (χ3v) is 2.75. The molecule has 0 amide bonds. The van der Waals surface area contributed by atoms with Gasteiger partial charge in [0.1, 0.15) is 5.82 Å². The summed E-state index contributed by atoms with van der Waals surface area (Å²) < 4.78 is 2.02. The van der Waals surface area contributed by atoms with Crippen molar-refractivity contribution in [1.29, 1.82) is 0 Å². The molecular formula is C12H18N6. The first-order valence-corrected chi connectivity index (χ1v) is 5.75. The molecule has 2 aromatic heterocycles. The molecule has 0 bridgehead atoms. The van der Waals surface area contributed by atoms with Crippen LogP contribution in [-0.2, 0) is 20.1 Å². The molecule has 2 heterocycles. The van der Waals surface area contributed by atoms with Crippen molar-refractivity contribution in [3.63, 3.8) is 0 Å². The van der Waals surface area contributed by atoms with Crippen LogP contribution < -0.4 is 11.3 Å². The molecular weight excluding hydrogens is 228 g/mol. The summed E-state index contributed by atoms with van der Waals surface area (Å²) in [4.78, 5) is 10.8. The zero-order chi connectivity index (χ0) is 13.0. The summed E-state index contributed by atoms with van der Waals surface area (Å²) in [7, 11) is 4.03. The Morgan fingerprint density at radius 1 is 1.33 bits per heavy atom. The van der Waals surface area contributed by atoms with Gasteiger partial charge >= 0.3 is 0 Å². The molecule has 3 N–H and O–H groups in total. The standard InChI is InChI=1S/C12H18N6/c1-17(9-12-15-5-6-18(12)2)8-11-7-10(16-13)3-4-14-11/h3-7H,8-9,13H2,1-2H3,(H,14,16). The molecule has 96 valence electrons. The van der Waals surface area contributed by atoms with Crippen LogP contribution >= 0.6 is 0 Å². The van der Waals surface area contributed by atoms with E-state index in [0.29, 0.717) is 0 Å². The first-order valence-electron chi connectivity index (χ1n) is 5.75. The van der Waals surface area contributed by atoms with Crippen LogP contribution in [0.3, 0.4) is 0 Å². The third-order valence-electron chi connectivity index (χ3n) is 2.75. The number of nitrogen functional groups attached to an aromatic ring is 1. The van der Waals surface area contributed by atoms with Gasteiger partial charge in [-0.1, -0.05) is 0 Å². The van der Waals surface area contributed by atoms with Crippen molar-refractivity contribution in [1.82, 2.24) is 19.4 Å². The molecule has 0 saturated heterocycles. The van der Waals surface area contributed by atoms with E-state index in [1.807, 2.05) is 37.0 Å². The number of imidazole rings is 1. The van der Waals surface area contributed by atoms with Gasteiger partial charge in [-0.15, -0.1) is 0 Å². The SMILES string of the molecule is CN(Cc1cc(NN)ccn1)Cc1nccn1C. The molecule has 0 saturated carbocycles. The summed E-state index contributed by atoms with van der Waals surface area (Å²) in [6, 6.07) is 3.77. The number of anilines is 1. The number of nitrogens with one attached hydrogen (secondary N) is 1.